The van der Waals surface area contributed by atoms with Crippen LogP contribution in [0, 0.1) is 0 Å². The summed E-state index contributed by atoms with van der Waals surface area (Å²) in [6.45, 7) is 5.57. The Balaban J connectivity index is 1.51. The lowest BCUT2D eigenvalue weighted by molar-refractivity contribution is 0.0376. The summed E-state index contributed by atoms with van der Waals surface area (Å²) < 4.78 is 5.37. The zero-order valence-corrected chi connectivity index (χ0v) is 17.4. The van der Waals surface area contributed by atoms with Crippen LogP contribution in [0.15, 0.2) is 71.8 Å². The van der Waals surface area contributed by atoms with Gasteiger partial charge in [-0.2, -0.15) is 5.10 Å². The van der Waals surface area contributed by atoms with E-state index in [1.807, 2.05) is 60.7 Å². The predicted molar refractivity (Wildman–Crippen MR) is 124 cm³/mol. The minimum absolute atomic E-state index is 0.536. The second-order valence-corrected chi connectivity index (χ2v) is 7.19. The van der Waals surface area contributed by atoms with Gasteiger partial charge in [-0.25, -0.2) is 0 Å². The molecule has 152 valence electrons. The molecule has 1 aliphatic heterocycles. The van der Waals surface area contributed by atoms with E-state index in [2.05, 4.69) is 32.9 Å². The van der Waals surface area contributed by atoms with Crippen LogP contribution in [-0.2, 0) is 4.74 Å². The Hall–Kier alpha value is -2.54. The molecule has 0 spiro atoms. The molecule has 0 aliphatic carbocycles. The number of hydrogen-bond donors (Lipinski definition) is 2. The van der Waals surface area contributed by atoms with Crippen molar-refractivity contribution in [1.29, 1.82) is 0 Å². The van der Waals surface area contributed by atoms with Crippen LogP contribution < -0.4 is 10.7 Å². The van der Waals surface area contributed by atoms with E-state index in [0.29, 0.717) is 5.11 Å². The lowest BCUT2D eigenvalue weighted by Crippen LogP contribution is -2.39. The fraction of sp³-hybridized carbons (Fsp3) is 0.304. The fourth-order valence-electron chi connectivity index (χ4n) is 3.03. The van der Waals surface area contributed by atoms with Crippen LogP contribution in [0.2, 0.25) is 0 Å². The molecular formula is C23H28N4OS. The Morgan fingerprint density at radius 2 is 1.72 bits per heavy atom. The van der Waals surface area contributed by atoms with Gasteiger partial charge in [0.1, 0.15) is 0 Å². The van der Waals surface area contributed by atoms with Crippen molar-refractivity contribution in [3.63, 3.8) is 0 Å². The molecule has 1 aliphatic rings. The molecule has 0 bridgehead atoms. The maximum atomic E-state index is 5.38. The first-order valence-electron chi connectivity index (χ1n) is 10.0. The third kappa shape index (κ3) is 7.77. The van der Waals surface area contributed by atoms with Crippen LogP contribution in [0.5, 0.6) is 0 Å². The molecule has 1 heterocycles. The maximum Gasteiger partial charge on any atom is 0.186 e. The molecular weight excluding hydrogens is 380 g/mol. The van der Waals surface area contributed by atoms with Crippen molar-refractivity contribution < 1.29 is 4.74 Å². The summed E-state index contributed by atoms with van der Waals surface area (Å²) in [5, 5.41) is 8.30. The summed E-state index contributed by atoms with van der Waals surface area (Å²) in [7, 11) is 0. The molecule has 0 unspecified atom stereocenters. The average molecular weight is 409 g/mol. The highest BCUT2D eigenvalue weighted by Crippen LogP contribution is 2.06. The number of morpholine rings is 1. The van der Waals surface area contributed by atoms with Gasteiger partial charge in [-0.05, 0) is 36.8 Å². The zero-order chi connectivity index (χ0) is 20.2. The molecule has 2 aromatic rings. The third-order valence-electron chi connectivity index (χ3n) is 4.62. The molecule has 0 amide bonds. The van der Waals surface area contributed by atoms with Gasteiger partial charge in [-0.1, -0.05) is 66.7 Å². The topological polar surface area (TPSA) is 48.9 Å². The van der Waals surface area contributed by atoms with Crippen molar-refractivity contribution in [3.05, 3.63) is 77.9 Å². The van der Waals surface area contributed by atoms with Gasteiger partial charge in [0.15, 0.2) is 5.11 Å². The first-order valence-corrected chi connectivity index (χ1v) is 10.4. The van der Waals surface area contributed by atoms with Crippen molar-refractivity contribution in [2.75, 3.05) is 39.4 Å². The molecule has 0 aromatic heterocycles. The highest BCUT2D eigenvalue weighted by Gasteiger charge is 2.09. The van der Waals surface area contributed by atoms with Crippen molar-refractivity contribution in [2.24, 2.45) is 5.10 Å². The Morgan fingerprint density at radius 3 is 2.45 bits per heavy atom. The summed E-state index contributed by atoms with van der Waals surface area (Å²) >= 11 is 5.38. The van der Waals surface area contributed by atoms with Crippen molar-refractivity contribution >= 4 is 29.1 Å². The van der Waals surface area contributed by atoms with Crippen LogP contribution in [0.1, 0.15) is 17.5 Å². The van der Waals surface area contributed by atoms with E-state index in [9.17, 15) is 0 Å². The van der Waals surface area contributed by atoms with Crippen LogP contribution in [-0.4, -0.2) is 55.1 Å². The Morgan fingerprint density at radius 1 is 1.03 bits per heavy atom. The number of allylic oxidation sites excluding steroid dienone is 1. The smallest absolute Gasteiger partial charge is 0.186 e. The van der Waals surface area contributed by atoms with E-state index in [1.54, 1.807) is 0 Å². The molecule has 1 fully saturated rings. The average Bonchev–Trinajstić information content (AvgIpc) is 2.79. The third-order valence-corrected chi connectivity index (χ3v) is 4.86. The minimum Gasteiger partial charge on any atom is -0.379 e. The van der Waals surface area contributed by atoms with Crippen LogP contribution in [0.25, 0.3) is 6.08 Å². The summed E-state index contributed by atoms with van der Waals surface area (Å²) in [4.78, 5) is 2.42. The van der Waals surface area contributed by atoms with Gasteiger partial charge in [0.25, 0.3) is 0 Å². The number of thiocarbonyl (C=S) groups is 1. The second-order valence-electron chi connectivity index (χ2n) is 6.78. The van der Waals surface area contributed by atoms with E-state index in [1.165, 1.54) is 0 Å². The van der Waals surface area contributed by atoms with Crippen LogP contribution >= 0.6 is 12.2 Å². The molecule has 2 aromatic carbocycles. The summed E-state index contributed by atoms with van der Waals surface area (Å²) in [5.41, 5.74) is 5.96. The Kier molecular flexibility index (Phi) is 8.85. The van der Waals surface area contributed by atoms with Gasteiger partial charge in [-0.15, -0.1) is 0 Å². The number of nitrogens with zero attached hydrogens (tertiary/aromatic N) is 2. The van der Waals surface area contributed by atoms with E-state index in [0.717, 1.165) is 62.7 Å². The fourth-order valence-corrected chi connectivity index (χ4v) is 3.17. The van der Waals surface area contributed by atoms with E-state index in [-0.39, 0.29) is 0 Å². The van der Waals surface area contributed by atoms with Gasteiger partial charge in [0.05, 0.1) is 18.9 Å². The highest BCUT2D eigenvalue weighted by atomic mass is 32.1. The monoisotopic (exact) mass is 408 g/mol. The standard InChI is InChI=1S/C23H28N4OS/c29-23(24-14-7-15-27-16-18-28-19-17-27)26-25-22(21-10-5-2-6-11-21)13-12-20-8-3-1-4-9-20/h1-6,8-13H,7,14-19H2,(H2,24,26,29)/b13-12+,25-22+. The number of benzene rings is 2. The predicted octanol–water partition coefficient (Wildman–Crippen LogP) is 3.29. The molecule has 6 heteroatoms. The van der Waals surface area contributed by atoms with Gasteiger partial charge in [-0.3, -0.25) is 10.3 Å². The molecule has 2 N–H and O–H groups in total. The van der Waals surface area contributed by atoms with E-state index >= 15 is 0 Å². The quantitative estimate of drug-likeness (QED) is 0.304. The van der Waals surface area contributed by atoms with E-state index < -0.39 is 0 Å². The normalized spacial score (nSPS) is 15.4. The van der Waals surface area contributed by atoms with Gasteiger partial charge < -0.3 is 10.1 Å². The lowest BCUT2D eigenvalue weighted by Gasteiger charge is -2.26. The Labute approximate surface area is 178 Å². The maximum absolute atomic E-state index is 5.38. The minimum atomic E-state index is 0.536. The summed E-state index contributed by atoms with van der Waals surface area (Å²) in [6.07, 6.45) is 5.08. The molecule has 5 nitrogen and oxygen atoms in total. The number of ether oxygens (including phenoxy) is 1. The number of hydrogen-bond acceptors (Lipinski definition) is 4. The van der Waals surface area contributed by atoms with Crippen molar-refractivity contribution in [1.82, 2.24) is 15.6 Å². The van der Waals surface area contributed by atoms with Crippen LogP contribution in [0.3, 0.4) is 0 Å². The number of rotatable bonds is 8. The number of hydrazone groups is 1. The summed E-state index contributed by atoms with van der Waals surface area (Å²) in [5.74, 6) is 0. The molecule has 29 heavy (non-hydrogen) atoms. The van der Waals surface area contributed by atoms with E-state index in [4.69, 9.17) is 17.0 Å². The van der Waals surface area contributed by atoms with Gasteiger partial charge >= 0.3 is 0 Å². The zero-order valence-electron chi connectivity index (χ0n) is 16.6. The Bertz CT molecular complexity index is 802. The largest absolute Gasteiger partial charge is 0.379 e. The molecule has 0 saturated carbocycles. The highest BCUT2D eigenvalue weighted by molar-refractivity contribution is 7.80. The molecule has 0 radical (unpaired) electrons. The molecule has 0 atom stereocenters. The van der Waals surface area contributed by atoms with Gasteiger partial charge in [0, 0.05) is 25.2 Å². The SMILES string of the molecule is S=C(NCCCN1CCOCC1)N/N=C(\C=C\c1ccccc1)c1ccccc1. The first-order chi connectivity index (χ1) is 14.3. The van der Waals surface area contributed by atoms with Gasteiger partial charge in [0.2, 0.25) is 0 Å². The second kappa shape index (κ2) is 12.1. The molecule has 1 saturated heterocycles. The van der Waals surface area contributed by atoms with Crippen LogP contribution in [0.4, 0.5) is 0 Å². The molecule has 3 rings (SSSR count). The first kappa shape index (κ1) is 21.2. The van der Waals surface area contributed by atoms with Crippen molar-refractivity contribution in [3.8, 4) is 0 Å². The number of nitrogens with one attached hydrogen (secondary N) is 2. The summed E-state index contributed by atoms with van der Waals surface area (Å²) in [6, 6.07) is 20.3. The van der Waals surface area contributed by atoms with Crippen molar-refractivity contribution in [2.45, 2.75) is 6.42 Å². The lowest BCUT2D eigenvalue weighted by atomic mass is 10.1.